The van der Waals surface area contributed by atoms with E-state index in [2.05, 4.69) is 0 Å². The van der Waals surface area contributed by atoms with E-state index in [0.29, 0.717) is 39.9 Å². The summed E-state index contributed by atoms with van der Waals surface area (Å²) in [7, 11) is 9.25. The van der Waals surface area contributed by atoms with Gasteiger partial charge in [-0.05, 0) is 0 Å². The van der Waals surface area contributed by atoms with Crippen LogP contribution in [0.3, 0.4) is 0 Å². The molecule has 0 aliphatic rings. The number of fused-ring (bicyclic) bond motifs is 1. The van der Waals surface area contributed by atoms with E-state index in [1.165, 1.54) is 14.2 Å². The second-order valence-corrected chi connectivity index (χ2v) is 8.18. The summed E-state index contributed by atoms with van der Waals surface area (Å²) in [5.74, 6) is 2.87. The summed E-state index contributed by atoms with van der Waals surface area (Å²) in [6.45, 7) is 0. The molecular formula is C21H22O7Se. The van der Waals surface area contributed by atoms with Crippen molar-refractivity contribution in [1.29, 1.82) is 0 Å². The first-order chi connectivity index (χ1) is 14.0. The van der Waals surface area contributed by atoms with E-state index in [9.17, 15) is 4.79 Å². The van der Waals surface area contributed by atoms with Gasteiger partial charge in [0.2, 0.25) is 0 Å². The van der Waals surface area contributed by atoms with Gasteiger partial charge < -0.3 is 0 Å². The van der Waals surface area contributed by atoms with Crippen molar-refractivity contribution in [3.63, 3.8) is 0 Å². The van der Waals surface area contributed by atoms with Crippen LogP contribution in [0.4, 0.5) is 0 Å². The van der Waals surface area contributed by atoms with Crippen molar-refractivity contribution in [3.8, 4) is 44.5 Å². The van der Waals surface area contributed by atoms with Gasteiger partial charge in [0, 0.05) is 0 Å². The fourth-order valence-corrected chi connectivity index (χ4v) is 5.46. The normalized spacial score (nSPS) is 10.6. The van der Waals surface area contributed by atoms with E-state index >= 15 is 0 Å². The molecule has 0 aliphatic carbocycles. The molecule has 0 aliphatic heterocycles. The zero-order valence-corrected chi connectivity index (χ0v) is 18.8. The Kier molecular flexibility index (Phi) is 6.25. The van der Waals surface area contributed by atoms with Crippen molar-refractivity contribution < 1.29 is 28.4 Å². The zero-order chi connectivity index (χ0) is 21.1. The molecule has 0 N–H and O–H groups in total. The molecule has 0 atom stereocenters. The van der Waals surface area contributed by atoms with Crippen molar-refractivity contribution in [3.05, 3.63) is 34.5 Å². The van der Waals surface area contributed by atoms with Gasteiger partial charge in [-0.2, -0.15) is 0 Å². The Hall–Kier alpha value is -2.83. The van der Waals surface area contributed by atoms with Crippen LogP contribution in [0.25, 0.3) is 19.6 Å². The van der Waals surface area contributed by atoms with Gasteiger partial charge in [0.05, 0.1) is 0 Å². The molecule has 3 aromatic rings. The number of benzene rings is 2. The predicted octanol–water partition coefficient (Wildman–Crippen LogP) is 2.98. The van der Waals surface area contributed by atoms with Gasteiger partial charge in [0.1, 0.15) is 0 Å². The zero-order valence-electron chi connectivity index (χ0n) is 17.1. The Morgan fingerprint density at radius 3 is 1.62 bits per heavy atom. The van der Waals surface area contributed by atoms with Crippen molar-refractivity contribution >= 4 is 24.1 Å². The van der Waals surface area contributed by atoms with E-state index in [1.54, 1.807) is 34.5 Å². The van der Waals surface area contributed by atoms with Gasteiger partial charge in [0.25, 0.3) is 0 Å². The van der Waals surface area contributed by atoms with E-state index in [4.69, 9.17) is 28.4 Å². The Morgan fingerprint density at radius 2 is 1.14 bits per heavy atom. The van der Waals surface area contributed by atoms with Crippen LogP contribution in [0.5, 0.6) is 34.5 Å². The fourth-order valence-electron chi connectivity index (χ4n) is 3.15. The maximum absolute atomic E-state index is 13.0. The van der Waals surface area contributed by atoms with Crippen LogP contribution in [0.15, 0.2) is 29.1 Å². The average Bonchev–Trinajstić information content (AvgIpc) is 2.76. The second-order valence-electron chi connectivity index (χ2n) is 5.91. The number of rotatable bonds is 7. The maximum atomic E-state index is 13.0. The van der Waals surface area contributed by atoms with Crippen LogP contribution in [0, 0.1) is 0 Å². The first-order valence-electron chi connectivity index (χ1n) is 8.60. The molecule has 29 heavy (non-hydrogen) atoms. The summed E-state index contributed by atoms with van der Waals surface area (Å²) in [5, 5.41) is 0.501. The molecule has 0 saturated heterocycles. The molecule has 3 rings (SSSR count). The van der Waals surface area contributed by atoms with Crippen molar-refractivity contribution in [2.75, 3.05) is 42.7 Å². The summed E-state index contributed by atoms with van der Waals surface area (Å²) in [4.78, 5) is 13.0. The molecule has 1 aromatic heterocycles. The monoisotopic (exact) mass is 466 g/mol. The molecule has 0 radical (unpaired) electrons. The topological polar surface area (TPSA) is 72.5 Å². The molecule has 0 spiro atoms. The predicted molar refractivity (Wildman–Crippen MR) is 112 cm³/mol. The minimum atomic E-state index is -0.194. The Labute approximate surface area is 174 Å². The Morgan fingerprint density at radius 1 is 0.621 bits per heavy atom. The Balaban J connectivity index is 2.32. The fraction of sp³-hybridized carbons (Fsp3) is 0.286. The molecule has 2 aromatic carbocycles. The summed E-state index contributed by atoms with van der Waals surface area (Å²) >= 11 is -0.194. The molecule has 0 unspecified atom stereocenters. The molecule has 1 heterocycles. The number of hydrogen-bond acceptors (Lipinski definition) is 7. The van der Waals surface area contributed by atoms with Crippen LogP contribution in [-0.2, 0) is 0 Å². The average molecular weight is 465 g/mol. The third-order valence-electron chi connectivity index (χ3n) is 4.47. The number of hydrogen-bond donors (Lipinski definition) is 0. The van der Waals surface area contributed by atoms with E-state index < -0.39 is 0 Å². The first kappa shape index (κ1) is 20.9. The van der Waals surface area contributed by atoms with Gasteiger partial charge in [0.15, 0.2) is 0 Å². The standard InChI is InChI=1S/C21H22O7Se/c1-23-13-7-11(8-14(24-2)19(13)26-4)16-9-12(22)18-17(29-16)10-15(25-3)20(27-5)21(18)28-6/h7-10H,1-6H3. The molecular weight excluding hydrogens is 443 g/mol. The van der Waals surface area contributed by atoms with Gasteiger partial charge in [-0.1, -0.05) is 0 Å². The number of ether oxygens (including phenoxy) is 6. The Bertz CT molecular complexity index is 1080. The van der Waals surface area contributed by atoms with Crippen LogP contribution in [-0.4, -0.2) is 57.2 Å². The van der Waals surface area contributed by atoms with E-state index in [-0.39, 0.29) is 19.9 Å². The third-order valence-corrected chi connectivity index (χ3v) is 6.81. The molecule has 0 saturated carbocycles. The van der Waals surface area contributed by atoms with Crippen molar-refractivity contribution in [2.24, 2.45) is 0 Å². The van der Waals surface area contributed by atoms with Crippen LogP contribution in [0.2, 0.25) is 0 Å². The van der Waals surface area contributed by atoms with Gasteiger partial charge in [-0.15, -0.1) is 0 Å². The molecule has 7 nitrogen and oxygen atoms in total. The minimum absolute atomic E-state index is 0.158. The molecule has 8 heteroatoms. The molecule has 154 valence electrons. The van der Waals surface area contributed by atoms with Crippen molar-refractivity contribution in [2.45, 2.75) is 0 Å². The van der Waals surface area contributed by atoms with Gasteiger partial charge in [-0.3, -0.25) is 0 Å². The summed E-state index contributed by atoms with van der Waals surface area (Å²) in [6, 6.07) is 7.13. The molecule has 0 fully saturated rings. The van der Waals surface area contributed by atoms with E-state index in [0.717, 1.165) is 14.3 Å². The van der Waals surface area contributed by atoms with Crippen LogP contribution >= 0.6 is 0 Å². The number of methoxy groups -OCH3 is 6. The summed E-state index contributed by atoms with van der Waals surface area (Å²) < 4.78 is 34.3. The van der Waals surface area contributed by atoms with Crippen LogP contribution in [0.1, 0.15) is 0 Å². The molecule has 0 bridgehead atoms. The SMILES string of the molecule is COc1cc(-c2cc(=O)c3c(OC)c(OC)c(OC)cc3[se]2)cc(OC)c1OC. The van der Waals surface area contributed by atoms with Crippen LogP contribution < -0.4 is 33.8 Å². The van der Waals surface area contributed by atoms with Crippen molar-refractivity contribution in [1.82, 2.24) is 0 Å². The summed E-state index contributed by atoms with van der Waals surface area (Å²) in [6.07, 6.45) is 0. The first-order valence-corrected chi connectivity index (χ1v) is 10.3. The quantitative estimate of drug-likeness (QED) is 0.497. The molecule has 0 amide bonds. The second kappa shape index (κ2) is 8.67. The van der Waals surface area contributed by atoms with Gasteiger partial charge in [-0.25, -0.2) is 0 Å². The van der Waals surface area contributed by atoms with E-state index in [1.807, 2.05) is 18.2 Å². The van der Waals surface area contributed by atoms with Gasteiger partial charge >= 0.3 is 174 Å². The summed E-state index contributed by atoms with van der Waals surface area (Å²) in [5.41, 5.74) is 0.668. The third kappa shape index (κ3) is 3.61.